The van der Waals surface area contributed by atoms with Crippen LogP contribution in [0.5, 0.6) is 11.5 Å². The number of hydrogen-bond acceptors (Lipinski definition) is 2. The SMILES string of the molecule is CC=CCOc1ccc(COc2ccc3cc(F)ccc3c2)c(F)c1. The molecule has 0 aliphatic rings. The molecule has 0 fully saturated rings. The third-order valence-corrected chi connectivity index (χ3v) is 3.77. The number of halogens is 2. The van der Waals surface area contributed by atoms with Crippen molar-refractivity contribution in [1.29, 1.82) is 0 Å². The van der Waals surface area contributed by atoms with E-state index in [1.807, 2.05) is 19.1 Å². The van der Waals surface area contributed by atoms with Crippen LogP contribution in [0, 0.1) is 11.6 Å². The van der Waals surface area contributed by atoms with Gasteiger partial charge in [0.05, 0.1) is 0 Å². The van der Waals surface area contributed by atoms with Crippen LogP contribution in [0.4, 0.5) is 8.78 Å². The van der Waals surface area contributed by atoms with E-state index in [0.717, 1.165) is 10.8 Å². The summed E-state index contributed by atoms with van der Waals surface area (Å²) in [5.74, 6) is 0.430. The van der Waals surface area contributed by atoms with E-state index in [9.17, 15) is 8.78 Å². The highest BCUT2D eigenvalue weighted by molar-refractivity contribution is 5.83. The summed E-state index contributed by atoms with van der Waals surface area (Å²) < 4.78 is 38.4. The molecule has 3 aromatic carbocycles. The van der Waals surface area contributed by atoms with Gasteiger partial charge in [0.2, 0.25) is 0 Å². The lowest BCUT2D eigenvalue weighted by atomic mass is 10.1. The molecule has 2 nitrogen and oxygen atoms in total. The van der Waals surface area contributed by atoms with Crippen molar-refractivity contribution in [2.45, 2.75) is 13.5 Å². The second-order valence-corrected chi connectivity index (χ2v) is 5.58. The Labute approximate surface area is 145 Å². The minimum absolute atomic E-state index is 0.105. The molecule has 0 spiro atoms. The third kappa shape index (κ3) is 4.35. The average Bonchev–Trinajstić information content (AvgIpc) is 2.61. The van der Waals surface area contributed by atoms with Crippen molar-refractivity contribution in [2.24, 2.45) is 0 Å². The fraction of sp³-hybridized carbons (Fsp3) is 0.143. The van der Waals surface area contributed by atoms with Gasteiger partial charge in [-0.25, -0.2) is 8.78 Å². The van der Waals surface area contributed by atoms with Gasteiger partial charge in [-0.15, -0.1) is 0 Å². The topological polar surface area (TPSA) is 18.5 Å². The predicted octanol–water partition coefficient (Wildman–Crippen LogP) is 5.65. The predicted molar refractivity (Wildman–Crippen MR) is 94.9 cm³/mol. The molecule has 0 radical (unpaired) electrons. The quantitative estimate of drug-likeness (QED) is 0.540. The van der Waals surface area contributed by atoms with E-state index in [2.05, 4.69) is 0 Å². The van der Waals surface area contributed by atoms with Gasteiger partial charge in [-0.1, -0.05) is 24.3 Å². The first kappa shape index (κ1) is 17.0. The Balaban J connectivity index is 1.67. The molecule has 0 aliphatic carbocycles. The van der Waals surface area contributed by atoms with Crippen LogP contribution < -0.4 is 9.47 Å². The molecular formula is C21H18F2O2. The van der Waals surface area contributed by atoms with Gasteiger partial charge >= 0.3 is 0 Å². The van der Waals surface area contributed by atoms with Gasteiger partial charge in [-0.05, 0) is 54.1 Å². The van der Waals surface area contributed by atoms with Gasteiger partial charge in [0.1, 0.15) is 36.3 Å². The van der Waals surface area contributed by atoms with Crippen molar-refractivity contribution in [3.05, 3.63) is 83.9 Å². The number of benzene rings is 3. The minimum atomic E-state index is -0.374. The van der Waals surface area contributed by atoms with Crippen LogP contribution in [0.3, 0.4) is 0 Å². The van der Waals surface area contributed by atoms with Gasteiger partial charge in [0.25, 0.3) is 0 Å². The monoisotopic (exact) mass is 340 g/mol. The Morgan fingerprint density at radius 2 is 1.56 bits per heavy atom. The molecular weight excluding hydrogens is 322 g/mol. The Morgan fingerprint density at radius 3 is 2.36 bits per heavy atom. The van der Waals surface area contributed by atoms with Gasteiger partial charge in [0.15, 0.2) is 0 Å². The molecule has 3 rings (SSSR count). The molecule has 0 saturated heterocycles. The van der Waals surface area contributed by atoms with Gasteiger partial charge < -0.3 is 9.47 Å². The van der Waals surface area contributed by atoms with Crippen molar-refractivity contribution >= 4 is 10.8 Å². The van der Waals surface area contributed by atoms with Crippen LogP contribution in [0.25, 0.3) is 10.8 Å². The van der Waals surface area contributed by atoms with Gasteiger partial charge in [-0.2, -0.15) is 0 Å². The zero-order valence-corrected chi connectivity index (χ0v) is 13.8. The summed E-state index contributed by atoms with van der Waals surface area (Å²) in [4.78, 5) is 0. The molecule has 0 amide bonds. The van der Waals surface area contributed by atoms with Crippen molar-refractivity contribution in [3.63, 3.8) is 0 Å². The molecule has 0 aliphatic heterocycles. The lowest BCUT2D eigenvalue weighted by Gasteiger charge is -2.10. The van der Waals surface area contributed by atoms with E-state index in [0.29, 0.717) is 23.7 Å². The Morgan fingerprint density at radius 1 is 0.840 bits per heavy atom. The molecule has 0 aromatic heterocycles. The Hall–Kier alpha value is -2.88. The van der Waals surface area contributed by atoms with Crippen LogP contribution in [0.2, 0.25) is 0 Å². The van der Waals surface area contributed by atoms with Crippen molar-refractivity contribution < 1.29 is 18.3 Å². The molecule has 0 saturated carbocycles. The standard InChI is InChI=1S/C21H18F2O2/c1-2-3-10-24-20-9-6-17(21(23)13-20)14-25-19-8-5-15-11-18(22)7-4-16(15)12-19/h2-9,11-13H,10,14H2,1H3. The number of ether oxygens (including phenoxy) is 2. The first-order chi connectivity index (χ1) is 12.2. The largest absolute Gasteiger partial charge is 0.489 e. The van der Waals surface area contributed by atoms with E-state index < -0.39 is 0 Å². The van der Waals surface area contributed by atoms with Gasteiger partial charge in [0, 0.05) is 11.6 Å². The first-order valence-corrected chi connectivity index (χ1v) is 8.00. The Bertz CT molecular complexity index is 904. The second-order valence-electron chi connectivity index (χ2n) is 5.58. The van der Waals surface area contributed by atoms with Crippen LogP contribution in [0.1, 0.15) is 12.5 Å². The maximum Gasteiger partial charge on any atom is 0.133 e. The summed E-state index contributed by atoms with van der Waals surface area (Å²) in [7, 11) is 0. The third-order valence-electron chi connectivity index (χ3n) is 3.77. The molecule has 0 heterocycles. The van der Waals surface area contributed by atoms with E-state index >= 15 is 0 Å². The minimum Gasteiger partial charge on any atom is -0.489 e. The highest BCUT2D eigenvalue weighted by Gasteiger charge is 2.06. The second kappa shape index (κ2) is 7.79. The maximum absolute atomic E-state index is 14.1. The lowest BCUT2D eigenvalue weighted by Crippen LogP contribution is -2.00. The summed E-state index contributed by atoms with van der Waals surface area (Å²) in [5, 5.41) is 1.66. The highest BCUT2D eigenvalue weighted by Crippen LogP contribution is 2.23. The number of allylic oxidation sites excluding steroid dienone is 1. The summed E-state index contributed by atoms with van der Waals surface area (Å²) >= 11 is 0. The molecule has 0 atom stereocenters. The van der Waals surface area contributed by atoms with Crippen molar-refractivity contribution in [1.82, 2.24) is 0 Å². The van der Waals surface area contributed by atoms with Crippen LogP contribution in [0.15, 0.2) is 66.7 Å². The molecule has 25 heavy (non-hydrogen) atoms. The summed E-state index contributed by atoms with van der Waals surface area (Å²) in [6.45, 7) is 2.41. The van der Waals surface area contributed by atoms with E-state index in [1.54, 1.807) is 36.4 Å². The van der Waals surface area contributed by atoms with E-state index in [4.69, 9.17) is 9.47 Å². The summed E-state index contributed by atoms with van der Waals surface area (Å²) in [6.07, 6.45) is 3.72. The molecule has 128 valence electrons. The first-order valence-electron chi connectivity index (χ1n) is 8.00. The average molecular weight is 340 g/mol. The molecule has 0 bridgehead atoms. The summed E-state index contributed by atoms with van der Waals surface area (Å²) in [6, 6.07) is 14.6. The normalized spacial score (nSPS) is 11.2. The van der Waals surface area contributed by atoms with E-state index in [-0.39, 0.29) is 18.2 Å². The van der Waals surface area contributed by atoms with Gasteiger partial charge in [-0.3, -0.25) is 0 Å². The van der Waals surface area contributed by atoms with E-state index in [1.165, 1.54) is 18.2 Å². The van der Waals surface area contributed by atoms with Crippen molar-refractivity contribution in [3.8, 4) is 11.5 Å². The van der Waals surface area contributed by atoms with Crippen LogP contribution >= 0.6 is 0 Å². The maximum atomic E-state index is 14.1. The zero-order chi connectivity index (χ0) is 17.6. The fourth-order valence-electron chi connectivity index (χ4n) is 2.42. The number of fused-ring (bicyclic) bond motifs is 1. The highest BCUT2D eigenvalue weighted by atomic mass is 19.1. The van der Waals surface area contributed by atoms with Crippen LogP contribution in [-0.4, -0.2) is 6.61 Å². The zero-order valence-electron chi connectivity index (χ0n) is 13.8. The van der Waals surface area contributed by atoms with Crippen LogP contribution in [-0.2, 0) is 6.61 Å². The Kier molecular flexibility index (Phi) is 5.29. The molecule has 0 unspecified atom stereocenters. The number of hydrogen-bond donors (Lipinski definition) is 0. The van der Waals surface area contributed by atoms with Crippen molar-refractivity contribution in [2.75, 3.05) is 6.61 Å². The number of rotatable bonds is 6. The summed E-state index contributed by atoms with van der Waals surface area (Å²) in [5.41, 5.74) is 0.442. The fourth-order valence-corrected chi connectivity index (χ4v) is 2.42. The lowest BCUT2D eigenvalue weighted by molar-refractivity contribution is 0.299. The smallest absolute Gasteiger partial charge is 0.133 e. The molecule has 0 N–H and O–H groups in total. The molecule has 4 heteroatoms. The molecule has 3 aromatic rings.